The second-order valence-electron chi connectivity index (χ2n) is 6.29. The quantitative estimate of drug-likeness (QED) is 0.446. The fourth-order valence-corrected chi connectivity index (χ4v) is 2.68. The molecule has 3 aromatic rings. The Morgan fingerprint density at radius 2 is 1.36 bits per heavy atom. The van der Waals surface area contributed by atoms with Gasteiger partial charge in [0.1, 0.15) is 19.3 Å². The summed E-state index contributed by atoms with van der Waals surface area (Å²) in [6.07, 6.45) is -1.21. The van der Waals surface area contributed by atoms with Crippen LogP contribution < -0.4 is 9.47 Å². The van der Waals surface area contributed by atoms with Crippen LogP contribution in [0.15, 0.2) is 78.9 Å². The van der Waals surface area contributed by atoms with Crippen LogP contribution in [-0.2, 0) is 13.2 Å². The first-order chi connectivity index (χ1) is 13.6. The highest BCUT2D eigenvalue weighted by atomic mass is 16.6. The van der Waals surface area contributed by atoms with Crippen LogP contribution in [0, 0.1) is 10.1 Å². The van der Waals surface area contributed by atoms with Crippen molar-refractivity contribution in [3.05, 3.63) is 106 Å². The summed E-state index contributed by atoms with van der Waals surface area (Å²) >= 11 is 0. The molecule has 144 valence electrons. The average Bonchev–Trinajstić information content (AvgIpc) is 2.72. The van der Waals surface area contributed by atoms with E-state index < -0.39 is 17.6 Å². The summed E-state index contributed by atoms with van der Waals surface area (Å²) < 4.78 is 11.8. The fraction of sp³-hybridized carbons (Fsp3) is 0.182. The number of hydrogen-bond acceptors (Lipinski definition) is 5. The summed E-state index contributed by atoms with van der Waals surface area (Å²) in [5.74, 6) is 0.941. The lowest BCUT2D eigenvalue weighted by atomic mass is 10.1. The van der Waals surface area contributed by atoms with Gasteiger partial charge in [-0.2, -0.15) is 0 Å². The number of nitro groups is 1. The predicted octanol–water partition coefficient (Wildman–Crippen LogP) is 4.15. The monoisotopic (exact) mass is 379 g/mol. The second kappa shape index (κ2) is 9.53. The summed E-state index contributed by atoms with van der Waals surface area (Å²) in [5.41, 5.74) is 2.40. The maximum atomic E-state index is 10.7. The SMILES string of the molecule is O=[N+]([O-])CC(O)c1ccc(OCc2ccccc2)c(OCc2ccccc2)c1. The highest BCUT2D eigenvalue weighted by Crippen LogP contribution is 2.32. The number of nitrogens with zero attached hydrogens (tertiary/aromatic N) is 1. The Bertz CT molecular complexity index is 899. The number of benzene rings is 3. The standard InChI is InChI=1S/C22H21NO5/c24-20(14-23(25)26)19-11-12-21(27-15-17-7-3-1-4-8-17)22(13-19)28-16-18-9-5-2-6-10-18/h1-13,20,24H,14-16H2. The van der Waals surface area contributed by atoms with Crippen LogP contribution >= 0.6 is 0 Å². The smallest absolute Gasteiger partial charge is 0.233 e. The number of ether oxygens (including phenoxy) is 2. The minimum absolute atomic E-state index is 0.317. The lowest BCUT2D eigenvalue weighted by molar-refractivity contribution is -0.491. The first-order valence-corrected chi connectivity index (χ1v) is 8.89. The van der Waals surface area contributed by atoms with E-state index in [0.717, 1.165) is 11.1 Å². The molecule has 0 aromatic heterocycles. The summed E-state index contributed by atoms with van der Waals surface area (Å²) in [6.45, 7) is 0.110. The molecule has 1 unspecified atom stereocenters. The molecule has 6 heteroatoms. The topological polar surface area (TPSA) is 81.8 Å². The zero-order valence-electron chi connectivity index (χ0n) is 15.2. The van der Waals surface area contributed by atoms with Gasteiger partial charge in [-0.25, -0.2) is 0 Å². The largest absolute Gasteiger partial charge is 0.485 e. The molecule has 0 saturated carbocycles. The van der Waals surface area contributed by atoms with Gasteiger partial charge in [-0.15, -0.1) is 0 Å². The Morgan fingerprint density at radius 1 is 0.821 bits per heavy atom. The van der Waals surface area contributed by atoms with Gasteiger partial charge in [0, 0.05) is 4.92 Å². The van der Waals surface area contributed by atoms with Crippen molar-refractivity contribution < 1.29 is 19.5 Å². The molecule has 0 saturated heterocycles. The van der Waals surface area contributed by atoms with E-state index in [0.29, 0.717) is 30.3 Å². The molecule has 0 radical (unpaired) electrons. The molecular weight excluding hydrogens is 358 g/mol. The predicted molar refractivity (Wildman–Crippen MR) is 105 cm³/mol. The van der Waals surface area contributed by atoms with Crippen molar-refractivity contribution in [3.8, 4) is 11.5 Å². The van der Waals surface area contributed by atoms with E-state index in [-0.39, 0.29) is 0 Å². The Kier molecular flexibility index (Phi) is 6.59. The van der Waals surface area contributed by atoms with Gasteiger partial charge >= 0.3 is 0 Å². The van der Waals surface area contributed by atoms with Crippen LogP contribution in [0.25, 0.3) is 0 Å². The van der Waals surface area contributed by atoms with E-state index in [4.69, 9.17) is 9.47 Å². The van der Waals surface area contributed by atoms with Crippen molar-refractivity contribution >= 4 is 0 Å². The molecule has 6 nitrogen and oxygen atoms in total. The molecule has 3 rings (SSSR count). The molecule has 0 aliphatic carbocycles. The number of rotatable bonds is 9. The number of aliphatic hydroxyl groups excluding tert-OH is 1. The molecular formula is C22H21NO5. The normalized spacial score (nSPS) is 11.6. The van der Waals surface area contributed by atoms with Gasteiger partial charge in [0.25, 0.3) is 0 Å². The fourth-order valence-electron chi connectivity index (χ4n) is 2.68. The molecule has 3 aromatic carbocycles. The third kappa shape index (κ3) is 5.56. The third-order valence-electron chi connectivity index (χ3n) is 4.15. The highest BCUT2D eigenvalue weighted by Gasteiger charge is 2.17. The minimum Gasteiger partial charge on any atom is -0.485 e. The summed E-state index contributed by atoms with van der Waals surface area (Å²) in [5, 5.41) is 20.8. The van der Waals surface area contributed by atoms with Crippen LogP contribution in [0.1, 0.15) is 22.8 Å². The van der Waals surface area contributed by atoms with Crippen molar-refractivity contribution in [1.82, 2.24) is 0 Å². The van der Waals surface area contributed by atoms with Gasteiger partial charge in [0.05, 0.1) is 0 Å². The van der Waals surface area contributed by atoms with Gasteiger partial charge in [-0.3, -0.25) is 10.1 Å². The molecule has 28 heavy (non-hydrogen) atoms. The number of hydrogen-bond donors (Lipinski definition) is 1. The van der Waals surface area contributed by atoms with Crippen molar-refractivity contribution in [2.75, 3.05) is 6.54 Å². The lowest BCUT2D eigenvalue weighted by Gasteiger charge is -2.15. The molecule has 1 N–H and O–H groups in total. The molecule has 1 atom stereocenters. The number of aliphatic hydroxyl groups is 1. The minimum atomic E-state index is -1.21. The second-order valence-corrected chi connectivity index (χ2v) is 6.29. The Balaban J connectivity index is 1.78. The summed E-state index contributed by atoms with van der Waals surface area (Å²) in [6, 6.07) is 24.2. The summed E-state index contributed by atoms with van der Waals surface area (Å²) in [7, 11) is 0. The maximum absolute atomic E-state index is 10.7. The van der Waals surface area contributed by atoms with Crippen molar-refractivity contribution in [1.29, 1.82) is 0 Å². The van der Waals surface area contributed by atoms with Crippen LogP contribution in [0.3, 0.4) is 0 Å². The average molecular weight is 379 g/mol. The zero-order chi connectivity index (χ0) is 19.8. The van der Waals surface area contributed by atoms with Gasteiger partial charge in [0.2, 0.25) is 6.54 Å². The van der Waals surface area contributed by atoms with Gasteiger partial charge in [-0.1, -0.05) is 66.7 Å². The Hall–Kier alpha value is -3.38. The van der Waals surface area contributed by atoms with E-state index >= 15 is 0 Å². The lowest BCUT2D eigenvalue weighted by Crippen LogP contribution is -2.12. The maximum Gasteiger partial charge on any atom is 0.233 e. The Morgan fingerprint density at radius 3 is 1.89 bits per heavy atom. The van der Waals surface area contributed by atoms with E-state index in [9.17, 15) is 15.2 Å². The Labute approximate surface area is 163 Å². The van der Waals surface area contributed by atoms with Crippen molar-refractivity contribution in [2.24, 2.45) is 0 Å². The van der Waals surface area contributed by atoms with E-state index in [1.807, 2.05) is 60.7 Å². The van der Waals surface area contributed by atoms with E-state index in [1.165, 1.54) is 0 Å². The molecule has 0 heterocycles. The molecule has 0 amide bonds. The molecule has 0 bridgehead atoms. The van der Waals surface area contributed by atoms with E-state index in [2.05, 4.69) is 0 Å². The first-order valence-electron chi connectivity index (χ1n) is 8.89. The van der Waals surface area contributed by atoms with Gasteiger partial charge in [0.15, 0.2) is 11.5 Å². The highest BCUT2D eigenvalue weighted by molar-refractivity contribution is 5.44. The van der Waals surface area contributed by atoms with Crippen molar-refractivity contribution in [2.45, 2.75) is 19.3 Å². The van der Waals surface area contributed by atoms with E-state index in [1.54, 1.807) is 18.2 Å². The van der Waals surface area contributed by atoms with Crippen LogP contribution in [-0.4, -0.2) is 16.6 Å². The molecule has 0 fully saturated rings. The first kappa shape index (κ1) is 19.4. The van der Waals surface area contributed by atoms with Crippen LogP contribution in [0.4, 0.5) is 0 Å². The van der Waals surface area contributed by atoms with Gasteiger partial charge in [-0.05, 0) is 28.8 Å². The van der Waals surface area contributed by atoms with Crippen LogP contribution in [0.5, 0.6) is 11.5 Å². The van der Waals surface area contributed by atoms with Gasteiger partial charge < -0.3 is 14.6 Å². The molecule has 0 spiro atoms. The molecule has 0 aliphatic heterocycles. The van der Waals surface area contributed by atoms with Crippen LogP contribution in [0.2, 0.25) is 0 Å². The third-order valence-corrected chi connectivity index (χ3v) is 4.15. The van der Waals surface area contributed by atoms with Crippen molar-refractivity contribution in [3.63, 3.8) is 0 Å². The summed E-state index contributed by atoms with van der Waals surface area (Å²) in [4.78, 5) is 10.1. The zero-order valence-corrected chi connectivity index (χ0v) is 15.2. The molecule has 0 aliphatic rings.